The molecule has 0 fully saturated rings. The first kappa shape index (κ1) is 10.7. The number of rotatable bonds is 4. The molecule has 4 N–H and O–H groups in total. The van der Waals surface area contributed by atoms with E-state index in [0.717, 1.165) is 5.65 Å². The molecular weight excluding hydrogens is 206 g/mol. The lowest BCUT2D eigenvalue weighted by atomic mass is 10.3. The maximum absolute atomic E-state index is 9.15. The Balaban J connectivity index is 2.19. The summed E-state index contributed by atoms with van der Waals surface area (Å²) in [5.74, 6) is 1.08. The highest BCUT2D eigenvalue weighted by Crippen LogP contribution is 2.14. The van der Waals surface area contributed by atoms with E-state index < -0.39 is 0 Å². The van der Waals surface area contributed by atoms with E-state index in [-0.39, 0.29) is 6.10 Å². The number of nitrogen functional groups attached to an aromatic ring is 1. The van der Waals surface area contributed by atoms with Crippen LogP contribution in [0.15, 0.2) is 18.6 Å². The van der Waals surface area contributed by atoms with Crippen molar-refractivity contribution in [2.24, 2.45) is 0 Å². The third kappa shape index (κ3) is 2.22. The lowest BCUT2D eigenvalue weighted by Gasteiger charge is -2.08. The summed E-state index contributed by atoms with van der Waals surface area (Å²) in [6.07, 6.45) is 5.54. The summed E-state index contributed by atoms with van der Waals surface area (Å²) in [5.41, 5.74) is 6.40. The number of nitrogens with two attached hydrogens (primary N) is 1. The fourth-order valence-electron chi connectivity index (χ4n) is 1.47. The van der Waals surface area contributed by atoms with Gasteiger partial charge in [-0.15, -0.1) is 0 Å². The zero-order chi connectivity index (χ0) is 11.5. The van der Waals surface area contributed by atoms with Crippen molar-refractivity contribution in [3.05, 3.63) is 18.6 Å². The number of fused-ring (bicyclic) bond motifs is 1. The second-order valence-corrected chi connectivity index (χ2v) is 3.74. The van der Waals surface area contributed by atoms with E-state index in [2.05, 4.69) is 15.3 Å². The SMILES string of the molecule is CC(O)CCNc1nc(N)cn2ccnc12. The van der Waals surface area contributed by atoms with Gasteiger partial charge in [-0.25, -0.2) is 9.97 Å². The smallest absolute Gasteiger partial charge is 0.180 e. The van der Waals surface area contributed by atoms with Crippen molar-refractivity contribution in [3.63, 3.8) is 0 Å². The quantitative estimate of drug-likeness (QED) is 0.699. The first-order chi connectivity index (χ1) is 7.66. The Hall–Kier alpha value is -1.82. The number of aliphatic hydroxyl groups is 1. The summed E-state index contributed by atoms with van der Waals surface area (Å²) in [7, 11) is 0. The van der Waals surface area contributed by atoms with Crippen LogP contribution >= 0.6 is 0 Å². The van der Waals surface area contributed by atoms with Gasteiger partial charge in [0.15, 0.2) is 11.5 Å². The molecular formula is C10H15N5O. The number of anilines is 2. The zero-order valence-corrected chi connectivity index (χ0v) is 9.09. The Morgan fingerprint density at radius 1 is 1.62 bits per heavy atom. The van der Waals surface area contributed by atoms with E-state index >= 15 is 0 Å². The minimum atomic E-state index is -0.329. The standard InChI is InChI=1S/C10H15N5O/c1-7(16)2-3-12-9-10-13-4-5-15(10)6-8(11)14-9/h4-7,16H,2-3,11H2,1H3,(H,12,14). The number of nitrogens with one attached hydrogen (secondary N) is 1. The van der Waals surface area contributed by atoms with Crippen molar-refractivity contribution in [1.29, 1.82) is 0 Å². The Morgan fingerprint density at radius 2 is 2.44 bits per heavy atom. The first-order valence-electron chi connectivity index (χ1n) is 5.18. The number of hydrogen-bond donors (Lipinski definition) is 3. The molecule has 2 aromatic rings. The van der Waals surface area contributed by atoms with Crippen molar-refractivity contribution >= 4 is 17.3 Å². The molecule has 0 aliphatic rings. The minimum Gasteiger partial charge on any atom is -0.393 e. The minimum absolute atomic E-state index is 0.329. The van der Waals surface area contributed by atoms with Crippen molar-refractivity contribution in [3.8, 4) is 0 Å². The van der Waals surface area contributed by atoms with Gasteiger partial charge in [-0.05, 0) is 13.3 Å². The summed E-state index contributed by atoms with van der Waals surface area (Å²) in [6.45, 7) is 2.39. The molecule has 1 unspecified atom stereocenters. The molecule has 6 heteroatoms. The molecule has 2 aromatic heterocycles. The number of aliphatic hydroxyl groups excluding tert-OH is 1. The molecule has 1 atom stereocenters. The molecule has 86 valence electrons. The van der Waals surface area contributed by atoms with E-state index in [4.69, 9.17) is 10.8 Å². The Kier molecular flexibility index (Phi) is 2.91. The zero-order valence-electron chi connectivity index (χ0n) is 9.09. The normalized spacial score (nSPS) is 12.9. The molecule has 0 saturated heterocycles. The van der Waals surface area contributed by atoms with Crippen LogP contribution in [-0.2, 0) is 0 Å². The topological polar surface area (TPSA) is 88.5 Å². The molecule has 0 aliphatic carbocycles. The molecule has 0 amide bonds. The van der Waals surface area contributed by atoms with Gasteiger partial charge in [-0.2, -0.15) is 0 Å². The van der Waals surface area contributed by atoms with E-state index in [1.807, 2.05) is 10.6 Å². The molecule has 2 rings (SSSR count). The highest BCUT2D eigenvalue weighted by Gasteiger charge is 2.05. The summed E-state index contributed by atoms with van der Waals surface area (Å²) in [6, 6.07) is 0. The lowest BCUT2D eigenvalue weighted by molar-refractivity contribution is 0.188. The van der Waals surface area contributed by atoms with Crippen LogP contribution in [0.3, 0.4) is 0 Å². The molecule has 6 nitrogen and oxygen atoms in total. The average Bonchev–Trinajstić information content (AvgIpc) is 2.64. The Bertz CT molecular complexity index is 479. The van der Waals surface area contributed by atoms with Gasteiger partial charge in [0.05, 0.1) is 12.3 Å². The molecule has 0 bridgehead atoms. The van der Waals surface area contributed by atoms with Crippen LogP contribution in [0.25, 0.3) is 5.65 Å². The third-order valence-corrected chi connectivity index (χ3v) is 2.25. The van der Waals surface area contributed by atoms with Crippen molar-refractivity contribution in [2.75, 3.05) is 17.6 Å². The van der Waals surface area contributed by atoms with Crippen LogP contribution in [0.2, 0.25) is 0 Å². The van der Waals surface area contributed by atoms with Gasteiger partial charge in [0.1, 0.15) is 5.82 Å². The van der Waals surface area contributed by atoms with Crippen molar-refractivity contribution in [1.82, 2.24) is 14.4 Å². The number of aromatic nitrogens is 3. The lowest BCUT2D eigenvalue weighted by Crippen LogP contribution is -2.12. The van der Waals surface area contributed by atoms with E-state index in [9.17, 15) is 0 Å². The summed E-state index contributed by atoms with van der Waals surface area (Å²) < 4.78 is 1.81. The second-order valence-electron chi connectivity index (χ2n) is 3.74. The van der Waals surface area contributed by atoms with Gasteiger partial charge in [-0.1, -0.05) is 0 Å². The van der Waals surface area contributed by atoms with Gasteiger partial charge in [-0.3, -0.25) is 0 Å². The molecule has 0 aliphatic heterocycles. The fraction of sp³-hybridized carbons (Fsp3) is 0.400. The van der Waals surface area contributed by atoms with Gasteiger partial charge < -0.3 is 20.6 Å². The van der Waals surface area contributed by atoms with Gasteiger partial charge in [0.25, 0.3) is 0 Å². The van der Waals surface area contributed by atoms with Crippen LogP contribution in [0.4, 0.5) is 11.6 Å². The molecule has 16 heavy (non-hydrogen) atoms. The first-order valence-corrected chi connectivity index (χ1v) is 5.18. The maximum atomic E-state index is 9.15. The molecule has 0 saturated carbocycles. The van der Waals surface area contributed by atoms with Crippen molar-refractivity contribution < 1.29 is 5.11 Å². The fourth-order valence-corrected chi connectivity index (χ4v) is 1.47. The van der Waals surface area contributed by atoms with Crippen LogP contribution in [0.5, 0.6) is 0 Å². The van der Waals surface area contributed by atoms with Gasteiger partial charge >= 0.3 is 0 Å². The predicted molar refractivity (Wildman–Crippen MR) is 62.2 cm³/mol. The average molecular weight is 221 g/mol. The number of imidazole rings is 1. The van der Waals surface area contributed by atoms with Gasteiger partial charge in [0, 0.05) is 18.9 Å². The highest BCUT2D eigenvalue weighted by atomic mass is 16.3. The molecule has 0 radical (unpaired) electrons. The maximum Gasteiger partial charge on any atom is 0.180 e. The number of nitrogens with zero attached hydrogens (tertiary/aromatic N) is 3. The summed E-state index contributed by atoms with van der Waals surface area (Å²) in [5, 5.41) is 12.3. The third-order valence-electron chi connectivity index (χ3n) is 2.25. The second kappa shape index (κ2) is 4.36. The molecule has 0 spiro atoms. The largest absolute Gasteiger partial charge is 0.393 e. The van der Waals surface area contributed by atoms with Crippen LogP contribution in [0, 0.1) is 0 Å². The predicted octanol–water partition coefficient (Wildman–Crippen LogP) is 0.494. The monoisotopic (exact) mass is 221 g/mol. The summed E-state index contributed by atoms with van der Waals surface area (Å²) in [4.78, 5) is 8.35. The van der Waals surface area contributed by atoms with E-state index in [1.165, 1.54) is 0 Å². The van der Waals surface area contributed by atoms with E-state index in [0.29, 0.717) is 24.6 Å². The highest BCUT2D eigenvalue weighted by molar-refractivity contribution is 5.64. The molecule has 0 aromatic carbocycles. The number of hydrogen-bond acceptors (Lipinski definition) is 5. The van der Waals surface area contributed by atoms with Crippen molar-refractivity contribution in [2.45, 2.75) is 19.4 Å². The van der Waals surface area contributed by atoms with Crippen LogP contribution < -0.4 is 11.1 Å². The van der Waals surface area contributed by atoms with Crippen LogP contribution in [-0.4, -0.2) is 32.1 Å². The van der Waals surface area contributed by atoms with Crippen LogP contribution in [0.1, 0.15) is 13.3 Å². The Labute approximate surface area is 93.1 Å². The summed E-state index contributed by atoms with van der Waals surface area (Å²) >= 11 is 0. The van der Waals surface area contributed by atoms with Gasteiger partial charge in [0.2, 0.25) is 0 Å². The van der Waals surface area contributed by atoms with E-state index in [1.54, 1.807) is 19.3 Å². The Morgan fingerprint density at radius 3 is 3.19 bits per heavy atom. The molecule has 2 heterocycles.